The number of ether oxygens (including phenoxy) is 1. The second kappa shape index (κ2) is 10.2. The predicted molar refractivity (Wildman–Crippen MR) is 121 cm³/mol. The van der Waals surface area contributed by atoms with Crippen LogP contribution < -0.4 is 5.32 Å². The van der Waals surface area contributed by atoms with Crippen molar-refractivity contribution in [2.45, 2.75) is 13.0 Å². The minimum absolute atomic E-state index is 0.0820. The lowest BCUT2D eigenvalue weighted by Crippen LogP contribution is -2.43. The Labute approximate surface area is 202 Å². The van der Waals surface area contributed by atoms with Gasteiger partial charge in [0.25, 0.3) is 5.89 Å². The van der Waals surface area contributed by atoms with Crippen LogP contribution in [-0.2, 0) is 11.3 Å². The van der Waals surface area contributed by atoms with Gasteiger partial charge in [0, 0.05) is 35.5 Å². The number of alkyl halides is 2. The summed E-state index contributed by atoms with van der Waals surface area (Å²) in [5.41, 5.74) is 2.36. The molecule has 1 aliphatic heterocycles. The highest BCUT2D eigenvalue weighted by Gasteiger charge is 2.19. The Hall–Kier alpha value is -4.26. The summed E-state index contributed by atoms with van der Waals surface area (Å²) in [6.07, 6.45) is -1.25. The van der Waals surface area contributed by atoms with Crippen LogP contribution in [0.25, 0.3) is 22.7 Å². The largest absolute Gasteiger partial charge is 0.415 e. The molecule has 2 aromatic heterocycles. The Bertz CT molecular complexity index is 1370. The molecule has 2 aromatic carbocycles. The molecule has 10 nitrogen and oxygen atoms in total. The van der Waals surface area contributed by atoms with Gasteiger partial charge in [-0.3, -0.25) is 0 Å². The van der Waals surface area contributed by atoms with Gasteiger partial charge in [-0.25, -0.2) is 13.9 Å². The third kappa shape index (κ3) is 5.20. The number of anilines is 1. The fourth-order valence-electron chi connectivity index (χ4n) is 3.66. The van der Waals surface area contributed by atoms with Crippen LogP contribution in [0.3, 0.4) is 0 Å². The number of nitrogens with one attached hydrogen (secondary N) is 1. The molecular weight excluding hydrogens is 479 g/mol. The summed E-state index contributed by atoms with van der Waals surface area (Å²) < 4.78 is 51.6. The molecule has 0 saturated carbocycles. The van der Waals surface area contributed by atoms with Crippen molar-refractivity contribution >= 4 is 11.7 Å². The van der Waals surface area contributed by atoms with E-state index < -0.39 is 18.1 Å². The van der Waals surface area contributed by atoms with E-state index in [1.54, 1.807) is 29.3 Å². The van der Waals surface area contributed by atoms with Crippen molar-refractivity contribution in [3.63, 3.8) is 0 Å². The summed E-state index contributed by atoms with van der Waals surface area (Å²) in [7, 11) is 0. The molecule has 0 unspecified atom stereocenters. The normalized spacial score (nSPS) is 13.8. The number of nitrogens with zero attached hydrogens (tertiary/aromatic N) is 6. The van der Waals surface area contributed by atoms with Crippen molar-refractivity contribution < 1.29 is 27.1 Å². The number of rotatable bonds is 6. The Morgan fingerprint density at radius 1 is 1.06 bits per heavy atom. The molecule has 186 valence electrons. The van der Waals surface area contributed by atoms with E-state index in [4.69, 9.17) is 9.15 Å². The summed E-state index contributed by atoms with van der Waals surface area (Å²) in [4.78, 5) is 14.1. The van der Waals surface area contributed by atoms with Crippen LogP contribution >= 0.6 is 0 Å². The number of carbonyl (C=O) groups excluding carboxylic acids is 1. The quantitative estimate of drug-likeness (QED) is 0.427. The van der Waals surface area contributed by atoms with Crippen LogP contribution in [0.2, 0.25) is 0 Å². The molecule has 1 N–H and O–H groups in total. The molecule has 3 heterocycles. The summed E-state index contributed by atoms with van der Waals surface area (Å²) in [6, 6.07) is 11.1. The highest BCUT2D eigenvalue weighted by Crippen LogP contribution is 2.25. The highest BCUT2D eigenvalue weighted by molar-refractivity contribution is 5.90. The van der Waals surface area contributed by atoms with Gasteiger partial charge < -0.3 is 19.4 Å². The van der Waals surface area contributed by atoms with Crippen molar-refractivity contribution in [1.82, 2.24) is 30.1 Å². The lowest BCUT2D eigenvalue weighted by atomic mass is 10.1. The molecular formula is C23H20F3N7O3. The van der Waals surface area contributed by atoms with Gasteiger partial charge in [0.15, 0.2) is 0 Å². The molecule has 0 radical (unpaired) electrons. The number of benzene rings is 2. The van der Waals surface area contributed by atoms with Crippen LogP contribution in [0.1, 0.15) is 17.9 Å². The Balaban J connectivity index is 1.27. The fourth-order valence-corrected chi connectivity index (χ4v) is 3.66. The van der Waals surface area contributed by atoms with Gasteiger partial charge in [-0.15, -0.1) is 15.3 Å². The molecule has 2 amide bonds. The minimum Gasteiger partial charge on any atom is -0.415 e. The van der Waals surface area contributed by atoms with E-state index in [0.29, 0.717) is 43.2 Å². The van der Waals surface area contributed by atoms with Gasteiger partial charge in [-0.05, 0) is 24.3 Å². The smallest absolute Gasteiger partial charge is 0.321 e. The maximum atomic E-state index is 14.7. The zero-order chi connectivity index (χ0) is 25.1. The fraction of sp³-hybridized carbons (Fsp3) is 0.261. The summed E-state index contributed by atoms with van der Waals surface area (Å²) in [5, 5.41) is 17.9. The first-order valence-electron chi connectivity index (χ1n) is 11.0. The second-order valence-corrected chi connectivity index (χ2v) is 7.96. The van der Waals surface area contributed by atoms with Crippen LogP contribution in [0.4, 0.5) is 23.7 Å². The first kappa shape index (κ1) is 23.5. The van der Waals surface area contributed by atoms with E-state index >= 15 is 0 Å². The molecule has 36 heavy (non-hydrogen) atoms. The maximum absolute atomic E-state index is 14.7. The number of carbonyl (C=O) groups is 1. The van der Waals surface area contributed by atoms with Gasteiger partial charge >= 0.3 is 12.5 Å². The number of amides is 2. The number of halogens is 3. The number of hydrogen-bond acceptors (Lipinski definition) is 7. The number of morpholine rings is 1. The average molecular weight is 499 g/mol. The Morgan fingerprint density at radius 3 is 2.64 bits per heavy atom. The average Bonchev–Trinajstić information content (AvgIpc) is 3.57. The van der Waals surface area contributed by atoms with E-state index in [2.05, 4.69) is 25.8 Å². The van der Waals surface area contributed by atoms with Gasteiger partial charge in [0.1, 0.15) is 11.5 Å². The SMILES string of the molecule is O=C(Nc1cccc(-c2cn(Cc3ccc(-c4nnc(C(F)F)o4)cc3F)nn2)c1)N1CCOCC1. The van der Waals surface area contributed by atoms with Crippen LogP contribution in [0, 0.1) is 5.82 Å². The van der Waals surface area contributed by atoms with Crippen LogP contribution in [-0.4, -0.2) is 62.4 Å². The zero-order valence-electron chi connectivity index (χ0n) is 18.8. The molecule has 1 fully saturated rings. The number of urea groups is 1. The standard InChI is InChI=1S/C23H20F3N7O3/c24-18-11-15(21-29-30-22(36-21)20(25)26)4-5-16(18)12-33-13-19(28-31-33)14-2-1-3-17(10-14)27-23(34)32-6-8-35-9-7-32/h1-5,10-11,13,20H,6-9,12H2,(H,27,34). The van der Waals surface area contributed by atoms with Gasteiger partial charge in [-0.2, -0.15) is 8.78 Å². The monoisotopic (exact) mass is 499 g/mol. The van der Waals surface area contributed by atoms with E-state index in [0.717, 1.165) is 11.6 Å². The molecule has 1 aliphatic rings. The van der Waals surface area contributed by atoms with Crippen LogP contribution in [0.15, 0.2) is 53.1 Å². The first-order valence-corrected chi connectivity index (χ1v) is 11.0. The van der Waals surface area contributed by atoms with Gasteiger partial charge in [0.2, 0.25) is 5.89 Å². The van der Waals surface area contributed by atoms with Crippen molar-refractivity contribution in [1.29, 1.82) is 0 Å². The summed E-state index contributed by atoms with van der Waals surface area (Å²) in [6.45, 7) is 2.16. The minimum atomic E-state index is -2.90. The molecule has 0 bridgehead atoms. The van der Waals surface area contributed by atoms with Crippen molar-refractivity contribution in [2.24, 2.45) is 0 Å². The number of hydrogen-bond donors (Lipinski definition) is 1. The van der Waals surface area contributed by atoms with Gasteiger partial charge in [-0.1, -0.05) is 23.4 Å². The Kier molecular flexibility index (Phi) is 6.62. The summed E-state index contributed by atoms with van der Waals surface area (Å²) >= 11 is 0. The maximum Gasteiger partial charge on any atom is 0.321 e. The second-order valence-electron chi connectivity index (χ2n) is 7.96. The third-order valence-electron chi connectivity index (χ3n) is 5.51. The van der Waals surface area contributed by atoms with Crippen LogP contribution in [0.5, 0.6) is 0 Å². The highest BCUT2D eigenvalue weighted by atomic mass is 19.3. The molecule has 0 aliphatic carbocycles. The van der Waals surface area contributed by atoms with E-state index in [1.807, 2.05) is 6.07 Å². The first-order chi connectivity index (χ1) is 17.5. The zero-order valence-corrected chi connectivity index (χ0v) is 18.8. The lowest BCUT2D eigenvalue weighted by molar-refractivity contribution is 0.0564. The third-order valence-corrected chi connectivity index (χ3v) is 5.51. The number of aromatic nitrogens is 5. The molecule has 13 heteroatoms. The molecule has 4 aromatic rings. The van der Waals surface area contributed by atoms with Gasteiger partial charge in [0.05, 0.1) is 26.0 Å². The molecule has 0 spiro atoms. The van der Waals surface area contributed by atoms with E-state index in [1.165, 1.54) is 16.8 Å². The van der Waals surface area contributed by atoms with E-state index in [-0.39, 0.29) is 24.0 Å². The van der Waals surface area contributed by atoms with Crippen molar-refractivity contribution in [3.8, 4) is 22.7 Å². The van der Waals surface area contributed by atoms with Crippen molar-refractivity contribution in [3.05, 3.63) is 65.9 Å². The predicted octanol–water partition coefficient (Wildman–Crippen LogP) is 3.98. The topological polar surface area (TPSA) is 111 Å². The Morgan fingerprint density at radius 2 is 1.89 bits per heavy atom. The van der Waals surface area contributed by atoms with E-state index in [9.17, 15) is 18.0 Å². The molecule has 0 atom stereocenters. The summed E-state index contributed by atoms with van der Waals surface area (Å²) in [5.74, 6) is -1.61. The molecule has 5 rings (SSSR count). The molecule has 1 saturated heterocycles. The lowest BCUT2D eigenvalue weighted by Gasteiger charge is -2.26. The van der Waals surface area contributed by atoms with Crippen molar-refractivity contribution in [2.75, 3.05) is 31.6 Å².